The molecule has 0 N–H and O–H groups in total. The maximum atomic E-state index is 11.5. The van der Waals surface area contributed by atoms with Crippen LogP contribution >= 0.6 is 0 Å². The number of rotatable bonds is 10. The molecule has 0 aromatic rings. The van der Waals surface area contributed by atoms with Crippen molar-refractivity contribution in [3.05, 3.63) is 0 Å². The van der Waals surface area contributed by atoms with Gasteiger partial charge >= 0.3 is 0 Å². The summed E-state index contributed by atoms with van der Waals surface area (Å²) in [6.45, 7) is 5.11. The van der Waals surface area contributed by atoms with Gasteiger partial charge in [0.1, 0.15) is 5.78 Å². The molecule has 1 atom stereocenters. The van der Waals surface area contributed by atoms with Gasteiger partial charge < -0.3 is 4.74 Å². The lowest BCUT2D eigenvalue weighted by Gasteiger charge is -2.12. The second kappa shape index (κ2) is 10.2. The second-order valence-electron chi connectivity index (χ2n) is 4.26. The van der Waals surface area contributed by atoms with Crippen molar-refractivity contribution >= 4 is 5.78 Å². The number of hydrogen-bond acceptors (Lipinski definition) is 2. The Morgan fingerprint density at radius 1 is 1.20 bits per heavy atom. The van der Waals surface area contributed by atoms with Crippen molar-refractivity contribution in [2.24, 2.45) is 5.92 Å². The smallest absolute Gasteiger partial charge is 0.132 e. The first-order chi connectivity index (χ1) is 7.24. The third kappa shape index (κ3) is 8.61. The second-order valence-corrected chi connectivity index (χ2v) is 4.26. The summed E-state index contributed by atoms with van der Waals surface area (Å²) in [6, 6.07) is 0. The number of Topliss-reactive ketones (excluding diaryl/α,β-unsaturated/α-hetero) is 1. The van der Waals surface area contributed by atoms with E-state index in [2.05, 4.69) is 13.8 Å². The van der Waals surface area contributed by atoms with E-state index in [0.717, 1.165) is 38.7 Å². The minimum Gasteiger partial charge on any atom is -0.384 e. The van der Waals surface area contributed by atoms with E-state index >= 15 is 0 Å². The molecular formula is C13H26O2. The highest BCUT2D eigenvalue weighted by Gasteiger charge is 2.09. The lowest BCUT2D eigenvalue weighted by molar-refractivity contribution is -0.119. The van der Waals surface area contributed by atoms with Gasteiger partial charge in [-0.15, -0.1) is 0 Å². The minimum absolute atomic E-state index is 0.429. The summed E-state index contributed by atoms with van der Waals surface area (Å²) >= 11 is 0. The summed E-state index contributed by atoms with van der Waals surface area (Å²) in [5, 5.41) is 0. The molecule has 0 radical (unpaired) electrons. The molecule has 0 aromatic carbocycles. The Bertz CT molecular complexity index is 155. The molecule has 0 fully saturated rings. The average molecular weight is 214 g/mol. The topological polar surface area (TPSA) is 26.3 Å². The van der Waals surface area contributed by atoms with E-state index in [9.17, 15) is 4.79 Å². The molecule has 0 amide bonds. The van der Waals surface area contributed by atoms with Crippen molar-refractivity contribution in [1.29, 1.82) is 0 Å². The Morgan fingerprint density at radius 2 is 1.93 bits per heavy atom. The molecule has 2 nitrogen and oxygen atoms in total. The van der Waals surface area contributed by atoms with Crippen LogP contribution in [-0.4, -0.2) is 19.5 Å². The Balaban J connectivity index is 3.50. The molecule has 0 aliphatic carbocycles. The van der Waals surface area contributed by atoms with Gasteiger partial charge in [-0.05, 0) is 18.8 Å². The van der Waals surface area contributed by atoms with Gasteiger partial charge in [0.05, 0.1) is 0 Å². The van der Waals surface area contributed by atoms with E-state index in [1.165, 1.54) is 12.8 Å². The van der Waals surface area contributed by atoms with Gasteiger partial charge in [-0.3, -0.25) is 4.79 Å². The van der Waals surface area contributed by atoms with E-state index in [-0.39, 0.29) is 0 Å². The molecule has 0 aliphatic heterocycles. The van der Waals surface area contributed by atoms with Crippen LogP contribution in [0.25, 0.3) is 0 Å². The maximum absolute atomic E-state index is 11.5. The van der Waals surface area contributed by atoms with E-state index < -0.39 is 0 Å². The number of ketones is 1. The van der Waals surface area contributed by atoms with Crippen molar-refractivity contribution < 1.29 is 9.53 Å². The van der Waals surface area contributed by atoms with Crippen LogP contribution in [0, 0.1) is 5.92 Å². The van der Waals surface area contributed by atoms with Crippen LogP contribution in [0.2, 0.25) is 0 Å². The van der Waals surface area contributed by atoms with Gasteiger partial charge in [-0.25, -0.2) is 0 Å². The summed E-state index contributed by atoms with van der Waals surface area (Å²) in [6.07, 6.45) is 7.06. The zero-order valence-electron chi connectivity index (χ0n) is 10.6. The van der Waals surface area contributed by atoms with Crippen LogP contribution in [0.15, 0.2) is 0 Å². The quantitative estimate of drug-likeness (QED) is 0.519. The number of unbranched alkanes of at least 4 members (excludes halogenated alkanes) is 2. The first-order valence-electron chi connectivity index (χ1n) is 6.25. The van der Waals surface area contributed by atoms with Crippen molar-refractivity contribution in [1.82, 2.24) is 0 Å². The van der Waals surface area contributed by atoms with E-state index in [4.69, 9.17) is 4.74 Å². The van der Waals surface area contributed by atoms with Gasteiger partial charge in [-0.1, -0.05) is 33.1 Å². The van der Waals surface area contributed by atoms with Crippen LogP contribution in [-0.2, 0) is 9.53 Å². The predicted molar refractivity (Wildman–Crippen MR) is 64.0 cm³/mol. The Labute approximate surface area is 94.4 Å². The molecule has 0 bridgehead atoms. The van der Waals surface area contributed by atoms with Gasteiger partial charge in [0.25, 0.3) is 0 Å². The van der Waals surface area contributed by atoms with Crippen LogP contribution < -0.4 is 0 Å². The third-order valence-corrected chi connectivity index (χ3v) is 2.87. The average Bonchev–Trinajstić information content (AvgIpc) is 2.24. The SMILES string of the molecule is CCCCCC(=O)CCC(CC)COC. The third-order valence-electron chi connectivity index (χ3n) is 2.87. The highest BCUT2D eigenvalue weighted by molar-refractivity contribution is 5.78. The molecule has 0 saturated heterocycles. The molecule has 0 aliphatic rings. The highest BCUT2D eigenvalue weighted by atomic mass is 16.5. The maximum Gasteiger partial charge on any atom is 0.132 e. The zero-order chi connectivity index (χ0) is 11.5. The fraction of sp³-hybridized carbons (Fsp3) is 0.923. The molecular weight excluding hydrogens is 188 g/mol. The van der Waals surface area contributed by atoms with Crippen LogP contribution in [0.5, 0.6) is 0 Å². The molecule has 0 spiro atoms. The van der Waals surface area contributed by atoms with Gasteiger partial charge in [0.15, 0.2) is 0 Å². The fourth-order valence-electron chi connectivity index (χ4n) is 1.70. The summed E-state index contributed by atoms with van der Waals surface area (Å²) in [5.74, 6) is 0.989. The number of carbonyl (C=O) groups excluding carboxylic acids is 1. The number of ether oxygens (including phenoxy) is 1. The van der Waals surface area contributed by atoms with Gasteiger partial charge in [-0.2, -0.15) is 0 Å². The van der Waals surface area contributed by atoms with Gasteiger partial charge in [0, 0.05) is 26.6 Å². The Hall–Kier alpha value is -0.370. The lowest BCUT2D eigenvalue weighted by Crippen LogP contribution is -2.09. The number of carbonyl (C=O) groups is 1. The summed E-state index contributed by atoms with van der Waals surface area (Å²) in [7, 11) is 1.73. The Kier molecular flexibility index (Phi) is 9.91. The lowest BCUT2D eigenvalue weighted by atomic mass is 9.98. The monoisotopic (exact) mass is 214 g/mol. The van der Waals surface area contributed by atoms with E-state index in [1.807, 2.05) is 0 Å². The fourth-order valence-corrected chi connectivity index (χ4v) is 1.70. The van der Waals surface area contributed by atoms with Crippen LogP contribution in [0.3, 0.4) is 0 Å². The zero-order valence-corrected chi connectivity index (χ0v) is 10.6. The summed E-state index contributed by atoms with van der Waals surface area (Å²) in [5.41, 5.74) is 0. The molecule has 15 heavy (non-hydrogen) atoms. The van der Waals surface area contributed by atoms with Crippen molar-refractivity contribution in [3.63, 3.8) is 0 Å². The molecule has 0 aromatic heterocycles. The van der Waals surface area contributed by atoms with Crippen LogP contribution in [0.4, 0.5) is 0 Å². The normalized spacial score (nSPS) is 12.7. The Morgan fingerprint density at radius 3 is 2.47 bits per heavy atom. The predicted octanol–water partition coefficient (Wildman–Crippen LogP) is 3.59. The summed E-state index contributed by atoms with van der Waals surface area (Å²) < 4.78 is 5.11. The van der Waals surface area contributed by atoms with Crippen LogP contribution in [0.1, 0.15) is 58.8 Å². The molecule has 2 heteroatoms. The molecule has 90 valence electrons. The first-order valence-corrected chi connectivity index (χ1v) is 6.25. The molecule has 0 rings (SSSR count). The van der Waals surface area contributed by atoms with Gasteiger partial charge in [0.2, 0.25) is 0 Å². The largest absolute Gasteiger partial charge is 0.384 e. The van der Waals surface area contributed by atoms with E-state index in [1.54, 1.807) is 7.11 Å². The molecule has 0 heterocycles. The molecule has 0 saturated carbocycles. The number of hydrogen-bond donors (Lipinski definition) is 0. The van der Waals surface area contributed by atoms with E-state index in [0.29, 0.717) is 11.7 Å². The molecule has 1 unspecified atom stereocenters. The highest BCUT2D eigenvalue weighted by Crippen LogP contribution is 2.13. The van der Waals surface area contributed by atoms with Crippen molar-refractivity contribution in [2.45, 2.75) is 58.8 Å². The first kappa shape index (κ1) is 14.6. The number of methoxy groups -OCH3 is 1. The van der Waals surface area contributed by atoms with Crippen molar-refractivity contribution in [2.75, 3.05) is 13.7 Å². The minimum atomic E-state index is 0.429. The standard InChI is InChI=1S/C13H26O2/c1-4-6-7-8-13(14)10-9-12(5-2)11-15-3/h12H,4-11H2,1-3H3. The van der Waals surface area contributed by atoms with Crippen molar-refractivity contribution in [3.8, 4) is 0 Å². The summed E-state index contributed by atoms with van der Waals surface area (Å²) in [4.78, 5) is 11.5.